The summed E-state index contributed by atoms with van der Waals surface area (Å²) in [6.07, 6.45) is 4.51. The minimum atomic E-state index is -0.0395. The first-order valence-corrected chi connectivity index (χ1v) is 10.2. The fourth-order valence-electron chi connectivity index (χ4n) is 4.09. The molecule has 0 bridgehead atoms. The van der Waals surface area contributed by atoms with Crippen molar-refractivity contribution in [2.24, 2.45) is 0 Å². The van der Waals surface area contributed by atoms with Crippen LogP contribution in [0.4, 0.5) is 5.69 Å². The smallest absolute Gasteiger partial charge is 0.253 e. The Morgan fingerprint density at radius 3 is 2.04 bits per heavy atom. The Hall–Kier alpha value is -2.82. The lowest BCUT2D eigenvalue weighted by atomic mass is 10.1. The van der Waals surface area contributed by atoms with Gasteiger partial charge in [0.15, 0.2) is 0 Å². The highest BCUT2D eigenvalue weighted by atomic mass is 16.2. The highest BCUT2D eigenvalue weighted by Gasteiger charge is 2.23. The molecule has 1 aliphatic carbocycles. The van der Waals surface area contributed by atoms with Crippen molar-refractivity contribution in [1.29, 1.82) is 0 Å². The molecule has 2 aromatic rings. The van der Waals surface area contributed by atoms with E-state index >= 15 is 0 Å². The fourth-order valence-corrected chi connectivity index (χ4v) is 4.09. The van der Waals surface area contributed by atoms with Gasteiger partial charge in [-0.25, -0.2) is 0 Å². The second-order valence-electron chi connectivity index (χ2n) is 7.65. The van der Waals surface area contributed by atoms with Crippen LogP contribution >= 0.6 is 0 Å². The van der Waals surface area contributed by atoms with Crippen LogP contribution in [0, 0.1) is 0 Å². The lowest BCUT2D eigenvalue weighted by Crippen LogP contribution is -2.48. The monoisotopic (exact) mass is 377 g/mol. The number of nitrogens with zero attached hydrogens (tertiary/aromatic N) is 2. The summed E-state index contributed by atoms with van der Waals surface area (Å²) in [5, 5.41) is 3.09. The Labute approximate surface area is 166 Å². The van der Waals surface area contributed by atoms with Gasteiger partial charge >= 0.3 is 0 Å². The first-order valence-electron chi connectivity index (χ1n) is 10.2. The number of amides is 2. The van der Waals surface area contributed by atoms with Crippen LogP contribution in [0.3, 0.4) is 0 Å². The molecule has 0 atom stereocenters. The summed E-state index contributed by atoms with van der Waals surface area (Å²) in [6, 6.07) is 17.7. The SMILES string of the molecule is O=C(NC1CCCC1)c1ccc(C(=O)N2CCN(c3ccccc3)CC2)cc1. The zero-order chi connectivity index (χ0) is 19.3. The molecule has 1 N–H and O–H groups in total. The minimum absolute atomic E-state index is 0.0375. The number of rotatable bonds is 4. The number of nitrogens with one attached hydrogen (secondary N) is 1. The molecule has 5 nitrogen and oxygen atoms in total. The van der Waals surface area contributed by atoms with E-state index in [1.165, 1.54) is 18.5 Å². The molecular weight excluding hydrogens is 350 g/mol. The van der Waals surface area contributed by atoms with Crippen LogP contribution in [0.1, 0.15) is 46.4 Å². The molecule has 146 valence electrons. The lowest BCUT2D eigenvalue weighted by molar-refractivity contribution is 0.0746. The zero-order valence-corrected chi connectivity index (χ0v) is 16.1. The molecule has 0 spiro atoms. The number of para-hydroxylation sites is 1. The van der Waals surface area contributed by atoms with E-state index in [0.717, 1.165) is 25.9 Å². The van der Waals surface area contributed by atoms with Crippen molar-refractivity contribution in [1.82, 2.24) is 10.2 Å². The third kappa shape index (κ3) is 4.19. The molecule has 2 aromatic carbocycles. The van der Waals surface area contributed by atoms with Gasteiger partial charge in [-0.05, 0) is 49.2 Å². The fraction of sp³-hybridized carbons (Fsp3) is 0.391. The second-order valence-corrected chi connectivity index (χ2v) is 7.65. The Morgan fingerprint density at radius 2 is 1.39 bits per heavy atom. The van der Waals surface area contributed by atoms with Crippen LogP contribution in [0.5, 0.6) is 0 Å². The zero-order valence-electron chi connectivity index (χ0n) is 16.1. The van der Waals surface area contributed by atoms with E-state index < -0.39 is 0 Å². The molecule has 28 heavy (non-hydrogen) atoms. The number of benzene rings is 2. The average Bonchev–Trinajstić information content (AvgIpc) is 3.27. The quantitative estimate of drug-likeness (QED) is 0.889. The molecule has 2 fully saturated rings. The van der Waals surface area contributed by atoms with Crippen LogP contribution in [-0.4, -0.2) is 48.9 Å². The van der Waals surface area contributed by atoms with Crippen molar-refractivity contribution in [3.63, 3.8) is 0 Å². The normalized spacial score (nSPS) is 17.6. The summed E-state index contributed by atoms with van der Waals surface area (Å²) < 4.78 is 0. The largest absolute Gasteiger partial charge is 0.368 e. The summed E-state index contributed by atoms with van der Waals surface area (Å²) in [6.45, 7) is 3.07. The van der Waals surface area contributed by atoms with Gasteiger partial charge in [0, 0.05) is 49.0 Å². The maximum absolute atomic E-state index is 12.8. The average molecular weight is 377 g/mol. The number of carbonyl (C=O) groups is 2. The van der Waals surface area contributed by atoms with E-state index in [2.05, 4.69) is 22.3 Å². The van der Waals surface area contributed by atoms with Gasteiger partial charge in [0.25, 0.3) is 11.8 Å². The third-order valence-electron chi connectivity index (χ3n) is 5.77. The van der Waals surface area contributed by atoms with Crippen molar-refractivity contribution >= 4 is 17.5 Å². The van der Waals surface area contributed by atoms with Crippen molar-refractivity contribution in [2.45, 2.75) is 31.7 Å². The van der Waals surface area contributed by atoms with Gasteiger partial charge < -0.3 is 15.1 Å². The molecule has 1 saturated carbocycles. The van der Waals surface area contributed by atoms with Gasteiger partial charge in [-0.2, -0.15) is 0 Å². The molecule has 0 aromatic heterocycles. The van der Waals surface area contributed by atoms with Crippen LogP contribution in [-0.2, 0) is 0 Å². The predicted molar refractivity (Wildman–Crippen MR) is 111 cm³/mol. The molecule has 1 heterocycles. The van der Waals surface area contributed by atoms with E-state index in [1.54, 1.807) is 24.3 Å². The molecule has 0 unspecified atom stereocenters. The summed E-state index contributed by atoms with van der Waals surface area (Å²) in [4.78, 5) is 29.4. The van der Waals surface area contributed by atoms with E-state index in [4.69, 9.17) is 0 Å². The first kappa shape index (κ1) is 18.5. The van der Waals surface area contributed by atoms with E-state index in [9.17, 15) is 9.59 Å². The van der Waals surface area contributed by atoms with Crippen LogP contribution < -0.4 is 10.2 Å². The molecule has 1 saturated heterocycles. The molecule has 4 rings (SSSR count). The van der Waals surface area contributed by atoms with Crippen molar-refractivity contribution in [3.8, 4) is 0 Å². The van der Waals surface area contributed by atoms with Crippen molar-refractivity contribution < 1.29 is 9.59 Å². The van der Waals surface area contributed by atoms with Crippen LogP contribution in [0.25, 0.3) is 0 Å². The highest BCUT2D eigenvalue weighted by Crippen LogP contribution is 2.19. The Bertz CT molecular complexity index is 806. The van der Waals surface area contributed by atoms with Crippen molar-refractivity contribution in [3.05, 3.63) is 65.7 Å². The standard InChI is InChI=1S/C23H27N3O2/c27-22(24-20-6-4-5-7-20)18-10-12-19(13-11-18)23(28)26-16-14-25(15-17-26)21-8-2-1-3-9-21/h1-3,8-13,20H,4-7,14-17H2,(H,24,27). The molecule has 0 radical (unpaired) electrons. The lowest BCUT2D eigenvalue weighted by Gasteiger charge is -2.36. The van der Waals surface area contributed by atoms with Gasteiger partial charge in [-0.15, -0.1) is 0 Å². The van der Waals surface area contributed by atoms with Crippen LogP contribution in [0.15, 0.2) is 54.6 Å². The van der Waals surface area contributed by atoms with Gasteiger partial charge in [-0.3, -0.25) is 9.59 Å². The second kappa shape index (κ2) is 8.46. The Kier molecular flexibility index (Phi) is 5.60. The maximum Gasteiger partial charge on any atom is 0.253 e. The molecule has 5 heteroatoms. The number of carbonyl (C=O) groups excluding carboxylic acids is 2. The summed E-state index contributed by atoms with van der Waals surface area (Å²) >= 11 is 0. The first-order chi connectivity index (χ1) is 13.7. The van der Waals surface area contributed by atoms with Gasteiger partial charge in [0.1, 0.15) is 0 Å². The van der Waals surface area contributed by atoms with Gasteiger partial charge in [0.2, 0.25) is 0 Å². The predicted octanol–water partition coefficient (Wildman–Crippen LogP) is 3.32. The highest BCUT2D eigenvalue weighted by molar-refractivity contribution is 5.98. The number of piperazine rings is 1. The van der Waals surface area contributed by atoms with Crippen LogP contribution in [0.2, 0.25) is 0 Å². The van der Waals surface area contributed by atoms with Gasteiger partial charge in [0.05, 0.1) is 0 Å². The topological polar surface area (TPSA) is 52.7 Å². The van der Waals surface area contributed by atoms with E-state index in [-0.39, 0.29) is 11.8 Å². The van der Waals surface area contributed by atoms with Crippen molar-refractivity contribution in [2.75, 3.05) is 31.1 Å². The van der Waals surface area contributed by atoms with E-state index in [1.807, 2.05) is 23.1 Å². The third-order valence-corrected chi connectivity index (χ3v) is 5.77. The summed E-state index contributed by atoms with van der Waals surface area (Å²) in [5.41, 5.74) is 2.47. The molecule has 2 aliphatic rings. The summed E-state index contributed by atoms with van der Waals surface area (Å²) in [5.74, 6) is -0.00200. The minimum Gasteiger partial charge on any atom is -0.368 e. The molecular formula is C23H27N3O2. The molecule has 1 aliphatic heterocycles. The maximum atomic E-state index is 12.8. The Morgan fingerprint density at radius 1 is 0.786 bits per heavy atom. The summed E-state index contributed by atoms with van der Waals surface area (Å²) in [7, 11) is 0. The van der Waals surface area contributed by atoms with Gasteiger partial charge in [-0.1, -0.05) is 31.0 Å². The van der Waals surface area contributed by atoms with E-state index in [0.29, 0.717) is 30.3 Å². The number of anilines is 1. The molecule has 2 amide bonds. The number of hydrogen-bond donors (Lipinski definition) is 1. The Balaban J connectivity index is 1.33. The number of hydrogen-bond acceptors (Lipinski definition) is 3.